The van der Waals surface area contributed by atoms with Gasteiger partial charge in [0.15, 0.2) is 0 Å². The Morgan fingerprint density at radius 3 is 2.43 bits per heavy atom. The molecule has 0 aliphatic rings. The molecule has 0 aromatic heterocycles. The molecule has 78 valence electrons. The summed E-state index contributed by atoms with van der Waals surface area (Å²) in [6, 6.07) is 5.10. The highest BCUT2D eigenvalue weighted by Gasteiger charge is 2.14. The van der Waals surface area contributed by atoms with E-state index in [1.165, 1.54) is 0 Å². The van der Waals surface area contributed by atoms with Crippen LogP contribution in [0.5, 0.6) is 0 Å². The van der Waals surface area contributed by atoms with Crippen molar-refractivity contribution >= 4 is 11.6 Å². The van der Waals surface area contributed by atoms with Crippen molar-refractivity contribution in [3.8, 4) is 0 Å². The predicted molar refractivity (Wildman–Crippen MR) is 59.3 cm³/mol. The maximum atomic E-state index is 13.2. The third-order valence-electron chi connectivity index (χ3n) is 2.62. The van der Waals surface area contributed by atoms with Crippen LogP contribution in [0.3, 0.4) is 0 Å². The first-order valence-electron chi connectivity index (χ1n) is 5.01. The summed E-state index contributed by atoms with van der Waals surface area (Å²) < 4.78 is 13.2. The van der Waals surface area contributed by atoms with Crippen LogP contribution in [0.1, 0.15) is 38.7 Å². The molecule has 0 aliphatic heterocycles. The molecule has 14 heavy (non-hydrogen) atoms. The van der Waals surface area contributed by atoms with Gasteiger partial charge in [-0.05, 0) is 36.0 Å². The fourth-order valence-corrected chi connectivity index (χ4v) is 1.95. The lowest BCUT2D eigenvalue weighted by atomic mass is 9.86. The first-order chi connectivity index (χ1) is 6.56. The Hall–Kier alpha value is -0.560. The van der Waals surface area contributed by atoms with Crippen LogP contribution < -0.4 is 0 Å². The number of hydrogen-bond acceptors (Lipinski definition) is 0. The lowest BCUT2D eigenvalue weighted by Gasteiger charge is -2.19. The number of halogens is 2. The SMILES string of the molecule is CC[C@@H](c1ccc(Cl)c(F)c1)C(C)C. The van der Waals surface area contributed by atoms with Crippen molar-refractivity contribution in [3.05, 3.63) is 34.6 Å². The van der Waals surface area contributed by atoms with Crippen molar-refractivity contribution < 1.29 is 4.39 Å². The van der Waals surface area contributed by atoms with Gasteiger partial charge in [0.1, 0.15) is 5.82 Å². The second-order valence-electron chi connectivity index (χ2n) is 3.93. The Morgan fingerprint density at radius 1 is 1.36 bits per heavy atom. The maximum absolute atomic E-state index is 13.2. The average Bonchev–Trinajstić information content (AvgIpc) is 2.11. The van der Waals surface area contributed by atoms with Gasteiger partial charge in [0.25, 0.3) is 0 Å². The zero-order valence-corrected chi connectivity index (χ0v) is 9.61. The topological polar surface area (TPSA) is 0 Å². The van der Waals surface area contributed by atoms with E-state index in [0.29, 0.717) is 11.8 Å². The molecule has 1 aromatic rings. The maximum Gasteiger partial charge on any atom is 0.142 e. The van der Waals surface area contributed by atoms with E-state index in [-0.39, 0.29) is 10.8 Å². The van der Waals surface area contributed by atoms with Gasteiger partial charge in [0.2, 0.25) is 0 Å². The molecule has 0 heterocycles. The van der Waals surface area contributed by atoms with E-state index in [1.54, 1.807) is 12.1 Å². The number of benzene rings is 1. The van der Waals surface area contributed by atoms with Gasteiger partial charge in [-0.1, -0.05) is 38.4 Å². The molecule has 0 spiro atoms. The number of rotatable bonds is 3. The summed E-state index contributed by atoms with van der Waals surface area (Å²) in [6.07, 6.45) is 1.03. The van der Waals surface area contributed by atoms with Gasteiger partial charge < -0.3 is 0 Å². The minimum absolute atomic E-state index is 0.201. The normalized spacial score (nSPS) is 13.3. The van der Waals surface area contributed by atoms with Gasteiger partial charge in [0.05, 0.1) is 5.02 Å². The third-order valence-corrected chi connectivity index (χ3v) is 2.92. The Kier molecular flexibility index (Phi) is 3.94. The molecule has 0 amide bonds. The van der Waals surface area contributed by atoms with Crippen LogP contribution in [0.25, 0.3) is 0 Å². The molecule has 0 aliphatic carbocycles. The minimum atomic E-state index is -0.316. The summed E-state index contributed by atoms with van der Waals surface area (Å²) in [5, 5.41) is 0.201. The highest BCUT2D eigenvalue weighted by atomic mass is 35.5. The van der Waals surface area contributed by atoms with E-state index in [4.69, 9.17) is 11.6 Å². The van der Waals surface area contributed by atoms with E-state index in [9.17, 15) is 4.39 Å². The predicted octanol–water partition coefficient (Wildman–Crippen LogP) is 4.63. The monoisotopic (exact) mass is 214 g/mol. The summed E-state index contributed by atoms with van der Waals surface area (Å²) >= 11 is 5.63. The van der Waals surface area contributed by atoms with E-state index >= 15 is 0 Å². The fourth-order valence-electron chi connectivity index (χ4n) is 1.84. The van der Waals surface area contributed by atoms with Crippen molar-refractivity contribution in [1.82, 2.24) is 0 Å². The summed E-state index contributed by atoms with van der Waals surface area (Å²) in [7, 11) is 0. The lowest BCUT2D eigenvalue weighted by Crippen LogP contribution is -2.05. The molecule has 1 rings (SSSR count). The molecule has 0 fully saturated rings. The smallest absolute Gasteiger partial charge is 0.142 e. The van der Waals surface area contributed by atoms with Crippen LogP contribution in [0, 0.1) is 11.7 Å². The molecule has 0 bridgehead atoms. The van der Waals surface area contributed by atoms with Crippen LogP contribution >= 0.6 is 11.6 Å². The third kappa shape index (κ3) is 2.48. The summed E-state index contributed by atoms with van der Waals surface area (Å²) in [6.45, 7) is 6.43. The average molecular weight is 215 g/mol. The highest BCUT2D eigenvalue weighted by molar-refractivity contribution is 6.30. The second kappa shape index (κ2) is 4.79. The van der Waals surface area contributed by atoms with E-state index in [1.807, 2.05) is 6.07 Å². The van der Waals surface area contributed by atoms with E-state index in [2.05, 4.69) is 20.8 Å². The van der Waals surface area contributed by atoms with E-state index < -0.39 is 0 Å². The summed E-state index contributed by atoms with van der Waals surface area (Å²) in [5.74, 6) is 0.630. The van der Waals surface area contributed by atoms with Gasteiger partial charge in [-0.2, -0.15) is 0 Å². The second-order valence-corrected chi connectivity index (χ2v) is 4.34. The van der Waals surface area contributed by atoms with Gasteiger partial charge in [-0.25, -0.2) is 4.39 Å². The van der Waals surface area contributed by atoms with Gasteiger partial charge >= 0.3 is 0 Å². The molecular weight excluding hydrogens is 199 g/mol. The van der Waals surface area contributed by atoms with Crippen molar-refractivity contribution in [1.29, 1.82) is 0 Å². The Balaban J connectivity index is 3.00. The van der Waals surface area contributed by atoms with Gasteiger partial charge in [-0.15, -0.1) is 0 Å². The van der Waals surface area contributed by atoms with Crippen LogP contribution in [-0.4, -0.2) is 0 Å². The molecule has 0 radical (unpaired) electrons. The quantitative estimate of drug-likeness (QED) is 0.688. The van der Waals surface area contributed by atoms with Crippen molar-refractivity contribution in [2.75, 3.05) is 0 Å². The zero-order chi connectivity index (χ0) is 10.7. The van der Waals surface area contributed by atoms with Crippen molar-refractivity contribution in [3.63, 3.8) is 0 Å². The first-order valence-corrected chi connectivity index (χ1v) is 5.39. The standard InChI is InChI=1S/C12H16ClF/c1-4-10(8(2)3)9-5-6-11(13)12(14)7-9/h5-8,10H,4H2,1-3H3/t10-/m1/s1. The molecule has 0 saturated carbocycles. The Bertz CT molecular complexity index is 307. The van der Waals surface area contributed by atoms with Gasteiger partial charge in [-0.3, -0.25) is 0 Å². The van der Waals surface area contributed by atoms with Crippen LogP contribution in [0.2, 0.25) is 5.02 Å². The molecule has 1 atom stereocenters. The highest BCUT2D eigenvalue weighted by Crippen LogP contribution is 2.29. The molecule has 2 heteroatoms. The van der Waals surface area contributed by atoms with Crippen LogP contribution in [0.4, 0.5) is 4.39 Å². The van der Waals surface area contributed by atoms with Crippen LogP contribution in [-0.2, 0) is 0 Å². The van der Waals surface area contributed by atoms with Crippen LogP contribution in [0.15, 0.2) is 18.2 Å². The largest absolute Gasteiger partial charge is 0.205 e. The molecule has 0 nitrogen and oxygen atoms in total. The molecule has 1 aromatic carbocycles. The Morgan fingerprint density at radius 2 is 2.00 bits per heavy atom. The number of hydrogen-bond donors (Lipinski definition) is 0. The minimum Gasteiger partial charge on any atom is -0.205 e. The molecule has 0 saturated heterocycles. The molecule has 0 N–H and O–H groups in total. The van der Waals surface area contributed by atoms with Crippen molar-refractivity contribution in [2.24, 2.45) is 5.92 Å². The molecule has 0 unspecified atom stereocenters. The summed E-state index contributed by atoms with van der Waals surface area (Å²) in [4.78, 5) is 0. The fraction of sp³-hybridized carbons (Fsp3) is 0.500. The molecular formula is C12H16ClF. The Labute approximate surface area is 90.1 Å². The summed E-state index contributed by atoms with van der Waals surface area (Å²) in [5.41, 5.74) is 1.05. The first kappa shape index (κ1) is 11.5. The zero-order valence-electron chi connectivity index (χ0n) is 8.85. The lowest BCUT2D eigenvalue weighted by molar-refractivity contribution is 0.482. The van der Waals surface area contributed by atoms with Crippen molar-refractivity contribution in [2.45, 2.75) is 33.1 Å². The van der Waals surface area contributed by atoms with Gasteiger partial charge in [0, 0.05) is 0 Å². The van der Waals surface area contributed by atoms with E-state index in [0.717, 1.165) is 12.0 Å².